The fourth-order valence-electron chi connectivity index (χ4n) is 2.34. The molecule has 1 aliphatic heterocycles. The van der Waals surface area contributed by atoms with Crippen LogP contribution >= 0.6 is 12.2 Å². The number of hydrogen-bond acceptors (Lipinski definition) is 5. The number of thiocarbonyl (C=S) groups is 1. The second-order valence-corrected chi connectivity index (χ2v) is 6.26. The maximum atomic E-state index is 5.64. The lowest BCUT2D eigenvalue weighted by Crippen LogP contribution is -2.42. The van der Waals surface area contributed by atoms with E-state index in [-0.39, 0.29) is 0 Å². The molecule has 7 heteroatoms. The summed E-state index contributed by atoms with van der Waals surface area (Å²) in [6.07, 6.45) is 3.95. The van der Waals surface area contributed by atoms with E-state index in [2.05, 4.69) is 27.7 Å². The molecule has 6 nitrogen and oxygen atoms in total. The topological polar surface area (TPSA) is 58.1 Å². The van der Waals surface area contributed by atoms with Gasteiger partial charge in [0.25, 0.3) is 0 Å². The summed E-state index contributed by atoms with van der Waals surface area (Å²) in [7, 11) is 0. The Morgan fingerprint density at radius 3 is 2.80 bits per heavy atom. The average molecular weight is 365 g/mol. The number of unbranched alkanes of at least 4 members (excludes halogenated alkanes) is 1. The van der Waals surface area contributed by atoms with Gasteiger partial charge in [-0.15, -0.1) is 0 Å². The molecule has 1 aromatic rings. The molecule has 1 aromatic carbocycles. The van der Waals surface area contributed by atoms with Crippen LogP contribution in [0.5, 0.6) is 5.75 Å². The van der Waals surface area contributed by atoms with Crippen molar-refractivity contribution in [3.05, 3.63) is 29.8 Å². The van der Waals surface area contributed by atoms with Crippen LogP contribution in [-0.2, 0) is 4.74 Å². The van der Waals surface area contributed by atoms with Crippen LogP contribution in [0.3, 0.4) is 0 Å². The Hall–Kier alpha value is -1.70. The van der Waals surface area contributed by atoms with E-state index in [1.165, 1.54) is 0 Å². The number of hydrogen-bond donors (Lipinski definition) is 2. The molecule has 1 saturated heterocycles. The van der Waals surface area contributed by atoms with Crippen LogP contribution in [0.25, 0.3) is 0 Å². The molecule has 0 aromatic heterocycles. The van der Waals surface area contributed by atoms with Crippen molar-refractivity contribution in [2.24, 2.45) is 5.10 Å². The van der Waals surface area contributed by atoms with E-state index in [9.17, 15) is 0 Å². The average Bonchev–Trinajstić information content (AvgIpc) is 2.64. The van der Waals surface area contributed by atoms with Gasteiger partial charge in [-0.25, -0.2) is 0 Å². The highest BCUT2D eigenvalue weighted by molar-refractivity contribution is 7.80. The van der Waals surface area contributed by atoms with Gasteiger partial charge in [0.1, 0.15) is 5.75 Å². The predicted octanol–water partition coefficient (Wildman–Crippen LogP) is 2.00. The molecule has 0 aliphatic carbocycles. The number of nitrogens with one attached hydrogen (secondary N) is 2. The molecule has 2 N–H and O–H groups in total. The molecule has 1 aliphatic rings. The van der Waals surface area contributed by atoms with Crippen LogP contribution in [0.4, 0.5) is 0 Å². The van der Waals surface area contributed by atoms with Crippen LogP contribution < -0.4 is 15.5 Å². The van der Waals surface area contributed by atoms with Crippen LogP contribution in [0, 0.1) is 0 Å². The SMILES string of the molecule is CCCCOc1ccc(/C=N/NC(=S)NCCN2CCOCC2)cc1. The molecule has 0 unspecified atom stereocenters. The monoisotopic (exact) mass is 364 g/mol. The Morgan fingerprint density at radius 2 is 2.08 bits per heavy atom. The van der Waals surface area contributed by atoms with Crippen molar-refractivity contribution in [2.75, 3.05) is 46.0 Å². The fraction of sp³-hybridized carbons (Fsp3) is 0.556. The van der Waals surface area contributed by atoms with Gasteiger partial charge >= 0.3 is 0 Å². The molecule has 25 heavy (non-hydrogen) atoms. The zero-order valence-electron chi connectivity index (χ0n) is 14.9. The summed E-state index contributed by atoms with van der Waals surface area (Å²) in [6, 6.07) is 7.86. The Labute approximate surface area is 155 Å². The van der Waals surface area contributed by atoms with E-state index in [0.29, 0.717) is 5.11 Å². The number of morpholine rings is 1. The summed E-state index contributed by atoms with van der Waals surface area (Å²) < 4.78 is 11.0. The van der Waals surface area contributed by atoms with Gasteiger partial charge in [-0.05, 0) is 48.5 Å². The molecule has 0 radical (unpaired) electrons. The number of nitrogens with zero attached hydrogens (tertiary/aromatic N) is 2. The van der Waals surface area contributed by atoms with Crippen LogP contribution in [0.2, 0.25) is 0 Å². The standard InChI is InChI=1S/C18H28N4O2S/c1-2-3-12-24-17-6-4-16(5-7-17)15-20-21-18(25)19-8-9-22-10-13-23-14-11-22/h4-7,15H,2-3,8-14H2,1H3,(H2,19,21,25)/b20-15+. The van der Waals surface area contributed by atoms with Gasteiger partial charge in [0.15, 0.2) is 5.11 Å². The highest BCUT2D eigenvalue weighted by Crippen LogP contribution is 2.11. The van der Waals surface area contributed by atoms with Crippen LogP contribution in [-0.4, -0.2) is 62.2 Å². The molecule has 1 fully saturated rings. The zero-order valence-corrected chi connectivity index (χ0v) is 15.7. The van der Waals surface area contributed by atoms with Crippen molar-refractivity contribution >= 4 is 23.5 Å². The smallest absolute Gasteiger partial charge is 0.187 e. The maximum absolute atomic E-state index is 5.64. The van der Waals surface area contributed by atoms with Crippen molar-refractivity contribution in [3.63, 3.8) is 0 Å². The predicted molar refractivity (Wildman–Crippen MR) is 105 cm³/mol. The normalized spacial score (nSPS) is 15.2. The molecule has 0 bridgehead atoms. The molecule has 0 spiro atoms. The molecular formula is C18H28N4O2S. The number of rotatable bonds is 9. The first-order valence-corrected chi connectivity index (χ1v) is 9.28. The van der Waals surface area contributed by atoms with E-state index in [1.54, 1.807) is 6.21 Å². The number of benzene rings is 1. The summed E-state index contributed by atoms with van der Waals surface area (Å²) in [5.74, 6) is 0.888. The Kier molecular flexibility index (Phi) is 9.25. The first-order valence-electron chi connectivity index (χ1n) is 8.88. The minimum atomic E-state index is 0.532. The van der Waals surface area contributed by atoms with E-state index in [4.69, 9.17) is 21.7 Å². The lowest BCUT2D eigenvalue weighted by Gasteiger charge is -2.26. The Bertz CT molecular complexity index is 530. The van der Waals surface area contributed by atoms with Gasteiger partial charge in [-0.2, -0.15) is 5.10 Å². The van der Waals surface area contributed by atoms with Gasteiger partial charge in [-0.3, -0.25) is 10.3 Å². The first kappa shape index (κ1) is 19.6. The summed E-state index contributed by atoms with van der Waals surface area (Å²) in [6.45, 7) is 8.26. The van der Waals surface area contributed by atoms with Gasteiger partial charge in [0.05, 0.1) is 26.0 Å². The van der Waals surface area contributed by atoms with Gasteiger partial charge in [0, 0.05) is 26.2 Å². The molecule has 1 heterocycles. The van der Waals surface area contributed by atoms with E-state index in [1.807, 2.05) is 24.3 Å². The van der Waals surface area contributed by atoms with E-state index in [0.717, 1.165) is 70.2 Å². The van der Waals surface area contributed by atoms with Crippen LogP contribution in [0.1, 0.15) is 25.3 Å². The molecule has 138 valence electrons. The third-order valence-corrected chi connectivity index (χ3v) is 4.08. The number of hydrazone groups is 1. The van der Waals surface area contributed by atoms with E-state index >= 15 is 0 Å². The van der Waals surface area contributed by atoms with Crippen molar-refractivity contribution < 1.29 is 9.47 Å². The van der Waals surface area contributed by atoms with Crippen molar-refractivity contribution in [2.45, 2.75) is 19.8 Å². The summed E-state index contributed by atoms with van der Waals surface area (Å²) >= 11 is 5.22. The lowest BCUT2D eigenvalue weighted by molar-refractivity contribution is 0.0389. The van der Waals surface area contributed by atoms with Gasteiger partial charge < -0.3 is 14.8 Å². The highest BCUT2D eigenvalue weighted by Gasteiger charge is 2.09. The second-order valence-electron chi connectivity index (χ2n) is 5.85. The van der Waals surface area contributed by atoms with Gasteiger partial charge in [-0.1, -0.05) is 13.3 Å². The molecule has 0 atom stereocenters. The zero-order chi connectivity index (χ0) is 17.7. The van der Waals surface area contributed by atoms with Crippen molar-refractivity contribution in [1.29, 1.82) is 0 Å². The van der Waals surface area contributed by atoms with Gasteiger partial charge in [0.2, 0.25) is 0 Å². The Morgan fingerprint density at radius 1 is 1.32 bits per heavy atom. The molecular weight excluding hydrogens is 336 g/mol. The minimum Gasteiger partial charge on any atom is -0.494 e. The number of ether oxygens (including phenoxy) is 2. The van der Waals surface area contributed by atoms with Crippen molar-refractivity contribution in [1.82, 2.24) is 15.6 Å². The second kappa shape index (κ2) is 11.8. The largest absolute Gasteiger partial charge is 0.494 e. The minimum absolute atomic E-state index is 0.532. The quantitative estimate of drug-likeness (QED) is 0.302. The molecule has 0 saturated carbocycles. The van der Waals surface area contributed by atoms with Crippen molar-refractivity contribution in [3.8, 4) is 5.75 Å². The Balaban J connectivity index is 1.61. The maximum Gasteiger partial charge on any atom is 0.187 e. The van der Waals surface area contributed by atoms with E-state index < -0.39 is 0 Å². The first-order chi connectivity index (χ1) is 12.3. The van der Waals surface area contributed by atoms with Crippen LogP contribution in [0.15, 0.2) is 29.4 Å². The highest BCUT2D eigenvalue weighted by atomic mass is 32.1. The summed E-state index contributed by atoms with van der Waals surface area (Å²) in [5.41, 5.74) is 3.83. The molecule has 0 amide bonds. The third kappa shape index (κ3) is 8.29. The fourth-order valence-corrected chi connectivity index (χ4v) is 2.50. The summed E-state index contributed by atoms with van der Waals surface area (Å²) in [5, 5.41) is 7.85. The molecule has 2 rings (SSSR count). The summed E-state index contributed by atoms with van der Waals surface area (Å²) in [4.78, 5) is 2.35. The third-order valence-electron chi connectivity index (χ3n) is 3.84. The lowest BCUT2D eigenvalue weighted by atomic mass is 10.2.